The number of anilines is 1. The summed E-state index contributed by atoms with van der Waals surface area (Å²) < 4.78 is 40.0. The van der Waals surface area contributed by atoms with Crippen LogP contribution in [0.15, 0.2) is 34.5 Å². The zero-order valence-corrected chi connectivity index (χ0v) is 12.7. The number of nitrogens with one attached hydrogen (secondary N) is 2. The molecule has 0 aliphatic heterocycles. The normalized spacial score (nSPS) is 11.6. The molecule has 1 aromatic heterocycles. The lowest BCUT2D eigenvalue weighted by atomic mass is 10.2. The van der Waals surface area contributed by atoms with Crippen LogP contribution in [-0.4, -0.2) is 15.5 Å². The van der Waals surface area contributed by atoms with E-state index in [1.165, 1.54) is 17.4 Å². The Bertz CT molecular complexity index is 691. The molecule has 0 aliphatic carbocycles. The number of thiophene rings is 1. The molecule has 0 spiro atoms. The molecule has 7 heteroatoms. The lowest BCUT2D eigenvalue weighted by Gasteiger charge is -2.07. The molecule has 2 rings (SSSR count). The van der Waals surface area contributed by atoms with Crippen LogP contribution in [0.5, 0.6) is 0 Å². The topological polar surface area (TPSA) is 58.2 Å². The summed E-state index contributed by atoms with van der Waals surface area (Å²) in [5, 5.41) is 4.53. The third-order valence-electron chi connectivity index (χ3n) is 2.59. The van der Waals surface area contributed by atoms with Crippen molar-refractivity contribution < 1.29 is 12.8 Å². The van der Waals surface area contributed by atoms with E-state index in [-0.39, 0.29) is 10.6 Å². The maximum absolute atomic E-state index is 13.3. The maximum atomic E-state index is 13.3. The molecule has 0 bridgehead atoms. The number of benzene rings is 1. The van der Waals surface area contributed by atoms with Gasteiger partial charge in [0.2, 0.25) is 0 Å². The predicted molar refractivity (Wildman–Crippen MR) is 79.0 cm³/mol. The third kappa shape index (κ3) is 3.56. The molecule has 0 amide bonds. The van der Waals surface area contributed by atoms with Crippen LogP contribution in [0.25, 0.3) is 0 Å². The summed E-state index contributed by atoms with van der Waals surface area (Å²) in [6.45, 7) is 2.32. The standard InChI is InChI=1S/C13H15FN2O2S2/c1-9-3-10(14)5-11(4-9)16-20(17,18)13-6-12(7-15-2)19-8-13/h3-6,8,15-16H,7H2,1-2H3. The van der Waals surface area contributed by atoms with Crippen molar-refractivity contribution in [1.29, 1.82) is 0 Å². The first-order chi connectivity index (χ1) is 9.40. The molecule has 0 saturated carbocycles. The van der Waals surface area contributed by atoms with Crippen LogP contribution in [0.1, 0.15) is 10.4 Å². The fourth-order valence-electron chi connectivity index (χ4n) is 1.78. The molecule has 0 saturated heterocycles. The maximum Gasteiger partial charge on any atom is 0.262 e. The first kappa shape index (κ1) is 15.0. The van der Waals surface area contributed by atoms with Gasteiger partial charge >= 0.3 is 0 Å². The van der Waals surface area contributed by atoms with Crippen molar-refractivity contribution in [3.05, 3.63) is 45.9 Å². The molecule has 0 radical (unpaired) electrons. The second-order valence-corrected chi connectivity index (χ2v) is 7.08. The van der Waals surface area contributed by atoms with Crippen molar-refractivity contribution in [2.45, 2.75) is 18.4 Å². The van der Waals surface area contributed by atoms with Gasteiger partial charge in [0, 0.05) is 16.8 Å². The molecule has 1 aromatic carbocycles. The van der Waals surface area contributed by atoms with E-state index in [0.717, 1.165) is 10.9 Å². The van der Waals surface area contributed by atoms with E-state index in [0.29, 0.717) is 12.1 Å². The summed E-state index contributed by atoms with van der Waals surface area (Å²) >= 11 is 1.36. The summed E-state index contributed by atoms with van der Waals surface area (Å²) in [6, 6.07) is 5.69. The molecule has 20 heavy (non-hydrogen) atoms. The molecule has 2 N–H and O–H groups in total. The molecule has 108 valence electrons. The van der Waals surface area contributed by atoms with Crippen molar-refractivity contribution in [3.8, 4) is 0 Å². The van der Waals surface area contributed by atoms with E-state index in [9.17, 15) is 12.8 Å². The SMILES string of the molecule is CNCc1cc(S(=O)(=O)Nc2cc(C)cc(F)c2)cs1. The van der Waals surface area contributed by atoms with Crippen molar-refractivity contribution in [2.24, 2.45) is 0 Å². The minimum Gasteiger partial charge on any atom is -0.315 e. The van der Waals surface area contributed by atoms with Gasteiger partial charge in [0.1, 0.15) is 5.82 Å². The van der Waals surface area contributed by atoms with Crippen molar-refractivity contribution in [2.75, 3.05) is 11.8 Å². The largest absolute Gasteiger partial charge is 0.315 e. The molecular weight excluding hydrogens is 299 g/mol. The summed E-state index contributed by atoms with van der Waals surface area (Å²) in [7, 11) is -1.89. The van der Waals surface area contributed by atoms with Crippen molar-refractivity contribution in [3.63, 3.8) is 0 Å². The van der Waals surface area contributed by atoms with Gasteiger partial charge in [-0.25, -0.2) is 12.8 Å². The van der Waals surface area contributed by atoms with Gasteiger partial charge in [-0.1, -0.05) is 0 Å². The van der Waals surface area contributed by atoms with Gasteiger partial charge < -0.3 is 5.32 Å². The average molecular weight is 314 g/mol. The smallest absolute Gasteiger partial charge is 0.262 e. The molecule has 2 aromatic rings. The van der Waals surface area contributed by atoms with Gasteiger partial charge in [0.25, 0.3) is 10.0 Å². The predicted octanol–water partition coefficient (Wildman–Crippen LogP) is 2.72. The van der Waals surface area contributed by atoms with Crippen LogP contribution in [0.2, 0.25) is 0 Å². The van der Waals surface area contributed by atoms with E-state index in [1.54, 1.807) is 31.5 Å². The summed E-state index contributed by atoms with van der Waals surface area (Å²) in [5.74, 6) is -0.469. The number of rotatable bonds is 5. The first-order valence-electron chi connectivity index (χ1n) is 5.93. The van der Waals surface area contributed by atoms with Crippen LogP contribution in [-0.2, 0) is 16.6 Å². The molecular formula is C13H15FN2O2S2. The average Bonchev–Trinajstić information content (AvgIpc) is 2.76. The Hall–Kier alpha value is -1.44. The Balaban J connectivity index is 2.25. The fraction of sp³-hybridized carbons (Fsp3) is 0.231. The highest BCUT2D eigenvalue weighted by Crippen LogP contribution is 2.23. The summed E-state index contributed by atoms with van der Waals surface area (Å²) in [5.41, 5.74) is 0.882. The lowest BCUT2D eigenvalue weighted by Crippen LogP contribution is -2.12. The fourth-order valence-corrected chi connectivity index (χ4v) is 4.10. The minimum atomic E-state index is -3.68. The molecule has 0 atom stereocenters. The van der Waals surface area contributed by atoms with Crippen LogP contribution in [0, 0.1) is 12.7 Å². The summed E-state index contributed by atoms with van der Waals surface area (Å²) in [4.78, 5) is 1.11. The molecule has 0 aliphatic rings. The number of hydrogen-bond donors (Lipinski definition) is 2. The molecule has 4 nitrogen and oxygen atoms in total. The Kier molecular flexibility index (Phi) is 4.42. The zero-order valence-electron chi connectivity index (χ0n) is 11.1. The number of halogens is 1. The monoisotopic (exact) mass is 314 g/mol. The van der Waals surface area contributed by atoms with Gasteiger partial charge in [0.05, 0.1) is 10.6 Å². The zero-order chi connectivity index (χ0) is 14.8. The van der Waals surface area contributed by atoms with E-state index >= 15 is 0 Å². The second kappa shape index (κ2) is 5.90. The first-order valence-corrected chi connectivity index (χ1v) is 8.29. The van der Waals surface area contributed by atoms with E-state index in [4.69, 9.17) is 0 Å². The van der Waals surface area contributed by atoms with E-state index < -0.39 is 15.8 Å². The number of hydrogen-bond acceptors (Lipinski definition) is 4. The minimum absolute atomic E-state index is 0.190. The van der Waals surface area contributed by atoms with Crippen LogP contribution >= 0.6 is 11.3 Å². The van der Waals surface area contributed by atoms with Gasteiger partial charge in [-0.3, -0.25) is 4.72 Å². The van der Waals surface area contributed by atoms with Gasteiger partial charge in [-0.05, 0) is 43.8 Å². The van der Waals surface area contributed by atoms with Crippen molar-refractivity contribution >= 4 is 27.0 Å². The molecule has 0 fully saturated rings. The summed E-state index contributed by atoms with van der Waals surface area (Å²) in [6.07, 6.45) is 0. The van der Waals surface area contributed by atoms with E-state index in [2.05, 4.69) is 10.0 Å². The Labute approximate surface area is 121 Å². The third-order valence-corrected chi connectivity index (χ3v) is 5.03. The quantitative estimate of drug-likeness (QED) is 0.892. The Morgan fingerprint density at radius 2 is 2.00 bits per heavy atom. The van der Waals surface area contributed by atoms with Crippen molar-refractivity contribution in [1.82, 2.24) is 5.32 Å². The van der Waals surface area contributed by atoms with E-state index in [1.807, 2.05) is 0 Å². The van der Waals surface area contributed by atoms with Crippen LogP contribution in [0.4, 0.5) is 10.1 Å². The number of sulfonamides is 1. The lowest BCUT2D eigenvalue weighted by molar-refractivity contribution is 0.601. The highest BCUT2D eigenvalue weighted by Gasteiger charge is 2.16. The van der Waals surface area contributed by atoms with Crippen LogP contribution in [0.3, 0.4) is 0 Å². The Morgan fingerprint density at radius 3 is 2.65 bits per heavy atom. The highest BCUT2D eigenvalue weighted by molar-refractivity contribution is 7.92. The van der Waals surface area contributed by atoms with Gasteiger partial charge in [0.15, 0.2) is 0 Å². The Morgan fingerprint density at radius 1 is 1.25 bits per heavy atom. The van der Waals surface area contributed by atoms with Gasteiger partial charge in [-0.2, -0.15) is 0 Å². The molecule has 1 heterocycles. The molecule has 0 unspecified atom stereocenters. The van der Waals surface area contributed by atoms with Crippen LogP contribution < -0.4 is 10.0 Å². The highest BCUT2D eigenvalue weighted by atomic mass is 32.2. The second-order valence-electron chi connectivity index (χ2n) is 4.40. The number of aryl methyl sites for hydroxylation is 1. The van der Waals surface area contributed by atoms with Gasteiger partial charge in [-0.15, -0.1) is 11.3 Å².